The van der Waals surface area contributed by atoms with Crippen molar-refractivity contribution in [3.05, 3.63) is 0 Å². The van der Waals surface area contributed by atoms with Gasteiger partial charge in [0.25, 0.3) is 0 Å². The first-order chi connectivity index (χ1) is 10.1. The van der Waals surface area contributed by atoms with Crippen molar-refractivity contribution in [2.45, 2.75) is 82.5 Å². The SMILES string of the molecule is CCC1(CC)CC(NC2CC(=O)N(C3CC3)C2=O)CCO1. The van der Waals surface area contributed by atoms with Crippen LogP contribution in [0.3, 0.4) is 0 Å². The summed E-state index contributed by atoms with van der Waals surface area (Å²) >= 11 is 0. The minimum atomic E-state index is -0.312. The Morgan fingerprint density at radius 3 is 2.57 bits per heavy atom. The molecule has 5 heteroatoms. The fourth-order valence-corrected chi connectivity index (χ4v) is 3.69. The van der Waals surface area contributed by atoms with E-state index in [4.69, 9.17) is 4.74 Å². The zero-order chi connectivity index (χ0) is 15.0. The molecule has 2 saturated heterocycles. The van der Waals surface area contributed by atoms with Gasteiger partial charge in [0.15, 0.2) is 0 Å². The second kappa shape index (κ2) is 5.69. The van der Waals surface area contributed by atoms with E-state index in [1.165, 1.54) is 4.90 Å². The van der Waals surface area contributed by atoms with Gasteiger partial charge in [-0.1, -0.05) is 13.8 Å². The average Bonchev–Trinajstić information content (AvgIpc) is 3.27. The minimum absolute atomic E-state index is 0.00399. The predicted molar refractivity (Wildman–Crippen MR) is 78.7 cm³/mol. The van der Waals surface area contributed by atoms with Crippen molar-refractivity contribution in [3.63, 3.8) is 0 Å². The van der Waals surface area contributed by atoms with Gasteiger partial charge in [-0.2, -0.15) is 0 Å². The number of rotatable bonds is 5. The van der Waals surface area contributed by atoms with E-state index < -0.39 is 0 Å². The third-order valence-corrected chi connectivity index (χ3v) is 5.31. The maximum atomic E-state index is 12.4. The lowest BCUT2D eigenvalue weighted by atomic mass is 9.85. The van der Waals surface area contributed by atoms with E-state index in [-0.39, 0.29) is 35.5 Å². The topological polar surface area (TPSA) is 58.6 Å². The fraction of sp³-hybridized carbons (Fsp3) is 0.875. The lowest BCUT2D eigenvalue weighted by Crippen LogP contribution is -2.51. The van der Waals surface area contributed by atoms with Gasteiger partial charge in [-0.15, -0.1) is 0 Å². The third-order valence-electron chi connectivity index (χ3n) is 5.31. The first kappa shape index (κ1) is 15.0. The highest BCUT2D eigenvalue weighted by Gasteiger charge is 2.47. The molecule has 0 radical (unpaired) electrons. The lowest BCUT2D eigenvalue weighted by Gasteiger charge is -2.41. The second-order valence-electron chi connectivity index (χ2n) is 6.68. The molecular weight excluding hydrogens is 268 g/mol. The van der Waals surface area contributed by atoms with Crippen molar-refractivity contribution in [1.29, 1.82) is 0 Å². The number of ether oxygens (including phenoxy) is 1. The fourth-order valence-electron chi connectivity index (χ4n) is 3.69. The largest absolute Gasteiger partial charge is 0.375 e. The molecule has 0 bridgehead atoms. The van der Waals surface area contributed by atoms with E-state index in [9.17, 15) is 9.59 Å². The molecule has 3 fully saturated rings. The zero-order valence-electron chi connectivity index (χ0n) is 13.1. The van der Waals surface area contributed by atoms with Crippen LogP contribution in [0.15, 0.2) is 0 Å². The number of imide groups is 1. The van der Waals surface area contributed by atoms with Crippen molar-refractivity contribution >= 4 is 11.8 Å². The Bertz CT molecular complexity index is 429. The summed E-state index contributed by atoms with van der Waals surface area (Å²) in [4.78, 5) is 25.9. The van der Waals surface area contributed by atoms with Crippen LogP contribution in [0.4, 0.5) is 0 Å². The van der Waals surface area contributed by atoms with Crippen molar-refractivity contribution in [2.75, 3.05) is 6.61 Å². The molecule has 0 aromatic rings. The van der Waals surface area contributed by atoms with Crippen LogP contribution in [0.25, 0.3) is 0 Å². The molecule has 0 spiro atoms. The zero-order valence-corrected chi connectivity index (χ0v) is 13.1. The first-order valence-corrected chi connectivity index (χ1v) is 8.34. The number of carbonyl (C=O) groups excluding carboxylic acids is 2. The van der Waals surface area contributed by atoms with Gasteiger partial charge in [0.2, 0.25) is 11.8 Å². The molecule has 2 aliphatic heterocycles. The Morgan fingerprint density at radius 1 is 1.24 bits per heavy atom. The van der Waals surface area contributed by atoms with Gasteiger partial charge in [-0.3, -0.25) is 14.5 Å². The van der Waals surface area contributed by atoms with Crippen molar-refractivity contribution in [1.82, 2.24) is 10.2 Å². The maximum Gasteiger partial charge on any atom is 0.247 e. The maximum absolute atomic E-state index is 12.4. The Labute approximate surface area is 126 Å². The summed E-state index contributed by atoms with van der Waals surface area (Å²) in [7, 11) is 0. The Morgan fingerprint density at radius 2 is 1.95 bits per heavy atom. The molecule has 0 aromatic heterocycles. The number of carbonyl (C=O) groups is 2. The molecule has 2 atom stereocenters. The molecule has 2 unspecified atom stereocenters. The predicted octanol–water partition coefficient (Wildman–Crippen LogP) is 1.60. The van der Waals surface area contributed by atoms with Gasteiger partial charge >= 0.3 is 0 Å². The van der Waals surface area contributed by atoms with Crippen LogP contribution in [-0.4, -0.2) is 47.0 Å². The molecule has 3 aliphatic rings. The highest BCUT2D eigenvalue weighted by molar-refractivity contribution is 6.06. The molecule has 2 heterocycles. The van der Waals surface area contributed by atoms with E-state index in [0.717, 1.165) is 45.1 Å². The van der Waals surface area contributed by atoms with Gasteiger partial charge < -0.3 is 10.1 Å². The number of amides is 2. The number of nitrogens with one attached hydrogen (secondary N) is 1. The van der Waals surface area contributed by atoms with Gasteiger partial charge in [0, 0.05) is 18.7 Å². The van der Waals surface area contributed by atoms with Crippen LogP contribution in [0.5, 0.6) is 0 Å². The van der Waals surface area contributed by atoms with Crippen LogP contribution in [0.1, 0.15) is 58.8 Å². The number of hydrogen-bond donors (Lipinski definition) is 1. The van der Waals surface area contributed by atoms with Crippen molar-refractivity contribution < 1.29 is 14.3 Å². The molecule has 118 valence electrons. The number of hydrogen-bond acceptors (Lipinski definition) is 4. The summed E-state index contributed by atoms with van der Waals surface area (Å²) in [6.45, 7) is 5.05. The third kappa shape index (κ3) is 2.86. The van der Waals surface area contributed by atoms with Crippen LogP contribution < -0.4 is 5.32 Å². The van der Waals surface area contributed by atoms with Crippen molar-refractivity contribution in [3.8, 4) is 0 Å². The second-order valence-corrected chi connectivity index (χ2v) is 6.68. The van der Waals surface area contributed by atoms with E-state index in [1.807, 2.05) is 0 Å². The average molecular weight is 294 g/mol. The Balaban J connectivity index is 1.61. The standard InChI is InChI=1S/C16H26N2O3/c1-3-16(4-2)10-11(7-8-21-16)17-13-9-14(19)18(15(13)20)12-5-6-12/h11-13,17H,3-10H2,1-2H3. The number of likely N-dealkylation sites (tertiary alicyclic amines) is 1. The van der Waals surface area contributed by atoms with E-state index >= 15 is 0 Å². The summed E-state index contributed by atoms with van der Waals surface area (Å²) in [5.74, 6) is -0.00288. The smallest absolute Gasteiger partial charge is 0.247 e. The van der Waals surface area contributed by atoms with Crippen LogP contribution >= 0.6 is 0 Å². The van der Waals surface area contributed by atoms with E-state index in [1.54, 1.807) is 0 Å². The van der Waals surface area contributed by atoms with Gasteiger partial charge in [-0.05, 0) is 38.5 Å². The van der Waals surface area contributed by atoms with Crippen molar-refractivity contribution in [2.24, 2.45) is 0 Å². The molecule has 3 rings (SSSR count). The summed E-state index contributed by atoms with van der Waals surface area (Å²) in [5, 5.41) is 3.44. The summed E-state index contributed by atoms with van der Waals surface area (Å²) in [6, 6.07) is 0.157. The molecular formula is C16H26N2O3. The summed E-state index contributed by atoms with van der Waals surface area (Å²) in [6.07, 6.45) is 6.13. The van der Waals surface area contributed by atoms with Gasteiger partial charge in [0.05, 0.1) is 18.1 Å². The highest BCUT2D eigenvalue weighted by atomic mass is 16.5. The normalized spacial score (nSPS) is 32.8. The minimum Gasteiger partial charge on any atom is -0.375 e. The summed E-state index contributed by atoms with van der Waals surface area (Å²) < 4.78 is 5.97. The molecule has 2 amide bonds. The molecule has 1 aliphatic carbocycles. The summed E-state index contributed by atoms with van der Waals surface area (Å²) in [5.41, 5.74) is -0.0578. The quantitative estimate of drug-likeness (QED) is 0.783. The first-order valence-electron chi connectivity index (χ1n) is 8.34. The van der Waals surface area contributed by atoms with Gasteiger partial charge in [-0.25, -0.2) is 0 Å². The van der Waals surface area contributed by atoms with Gasteiger partial charge in [0.1, 0.15) is 0 Å². The van der Waals surface area contributed by atoms with Crippen LogP contribution in [-0.2, 0) is 14.3 Å². The van der Waals surface area contributed by atoms with E-state index in [0.29, 0.717) is 6.42 Å². The van der Waals surface area contributed by atoms with Crippen LogP contribution in [0.2, 0.25) is 0 Å². The molecule has 21 heavy (non-hydrogen) atoms. The number of nitrogens with zero attached hydrogens (tertiary/aromatic N) is 1. The molecule has 1 N–H and O–H groups in total. The molecule has 0 aromatic carbocycles. The monoisotopic (exact) mass is 294 g/mol. The highest BCUT2D eigenvalue weighted by Crippen LogP contribution is 2.34. The Hall–Kier alpha value is -0.940. The van der Waals surface area contributed by atoms with Crippen LogP contribution in [0, 0.1) is 0 Å². The van der Waals surface area contributed by atoms with E-state index in [2.05, 4.69) is 19.2 Å². The Kier molecular flexibility index (Phi) is 4.06. The molecule has 1 saturated carbocycles. The molecule has 5 nitrogen and oxygen atoms in total. The lowest BCUT2D eigenvalue weighted by molar-refractivity contribution is -0.139.